The number of rotatable bonds is 6. The lowest BCUT2D eigenvalue weighted by Crippen LogP contribution is -2.41. The van der Waals surface area contributed by atoms with Gasteiger partial charge in [0, 0.05) is 37.8 Å². The van der Waals surface area contributed by atoms with Gasteiger partial charge in [-0.1, -0.05) is 23.7 Å². The molecule has 0 unspecified atom stereocenters. The van der Waals surface area contributed by atoms with E-state index in [1.165, 1.54) is 6.08 Å². The maximum atomic E-state index is 12.2. The van der Waals surface area contributed by atoms with Crippen LogP contribution in [0.2, 0.25) is 5.02 Å². The third-order valence-electron chi connectivity index (χ3n) is 4.24. The summed E-state index contributed by atoms with van der Waals surface area (Å²) in [6.45, 7) is 4.33. The van der Waals surface area contributed by atoms with E-state index < -0.39 is 5.91 Å². The molecule has 7 heteroatoms. The van der Waals surface area contributed by atoms with Crippen molar-refractivity contribution in [2.24, 2.45) is 0 Å². The van der Waals surface area contributed by atoms with Crippen LogP contribution >= 0.6 is 11.6 Å². The minimum atomic E-state index is -0.415. The summed E-state index contributed by atoms with van der Waals surface area (Å²) in [5, 5.41) is 12.7. The molecule has 1 aromatic heterocycles. The Morgan fingerprint density at radius 3 is 2.78 bits per heavy atom. The van der Waals surface area contributed by atoms with E-state index in [2.05, 4.69) is 10.2 Å². The molecule has 2 aromatic rings. The van der Waals surface area contributed by atoms with E-state index in [0.29, 0.717) is 36.3 Å². The summed E-state index contributed by atoms with van der Waals surface area (Å²) in [7, 11) is 0. The zero-order valence-corrected chi connectivity index (χ0v) is 15.5. The quantitative estimate of drug-likeness (QED) is 0.611. The predicted octanol–water partition coefficient (Wildman–Crippen LogP) is 2.96. The normalized spacial score (nSPS) is 15.3. The summed E-state index contributed by atoms with van der Waals surface area (Å²) < 4.78 is 11.0. The molecule has 2 heterocycles. The number of nitrogens with one attached hydrogen (secondary N) is 1. The maximum Gasteiger partial charge on any atom is 0.262 e. The molecule has 1 aliphatic heterocycles. The predicted molar refractivity (Wildman–Crippen MR) is 103 cm³/mol. The van der Waals surface area contributed by atoms with Crippen LogP contribution in [0, 0.1) is 11.3 Å². The van der Waals surface area contributed by atoms with Crippen molar-refractivity contribution in [3.05, 3.63) is 52.8 Å². The van der Waals surface area contributed by atoms with Crippen LogP contribution in [-0.2, 0) is 9.53 Å². The first-order chi connectivity index (χ1) is 13.2. The second-order valence-corrected chi connectivity index (χ2v) is 6.47. The zero-order chi connectivity index (χ0) is 19.1. The molecule has 1 saturated heterocycles. The fourth-order valence-electron chi connectivity index (χ4n) is 2.77. The van der Waals surface area contributed by atoms with Gasteiger partial charge < -0.3 is 14.5 Å². The van der Waals surface area contributed by atoms with Gasteiger partial charge in [-0.05, 0) is 24.3 Å². The van der Waals surface area contributed by atoms with E-state index in [1.54, 1.807) is 18.2 Å². The zero-order valence-electron chi connectivity index (χ0n) is 14.8. The van der Waals surface area contributed by atoms with Crippen LogP contribution in [0.3, 0.4) is 0 Å². The number of benzene rings is 1. The molecule has 3 rings (SSSR count). The van der Waals surface area contributed by atoms with Crippen LogP contribution in [0.5, 0.6) is 0 Å². The number of halogens is 1. The Morgan fingerprint density at radius 2 is 2.04 bits per heavy atom. The molecule has 0 spiro atoms. The number of morpholine rings is 1. The van der Waals surface area contributed by atoms with E-state index in [-0.39, 0.29) is 5.57 Å². The molecule has 0 aliphatic carbocycles. The van der Waals surface area contributed by atoms with Crippen molar-refractivity contribution < 1.29 is 13.9 Å². The molecule has 0 radical (unpaired) electrons. The molecule has 140 valence electrons. The summed E-state index contributed by atoms with van der Waals surface area (Å²) >= 11 is 6.17. The summed E-state index contributed by atoms with van der Waals surface area (Å²) in [5.74, 6) is 0.586. The van der Waals surface area contributed by atoms with Gasteiger partial charge in [0.05, 0.1) is 18.2 Å². The van der Waals surface area contributed by atoms with Crippen molar-refractivity contribution in [1.29, 1.82) is 5.26 Å². The molecule has 1 aromatic carbocycles. The average molecular weight is 386 g/mol. The van der Waals surface area contributed by atoms with Crippen molar-refractivity contribution in [3.63, 3.8) is 0 Å². The van der Waals surface area contributed by atoms with Gasteiger partial charge in [0.25, 0.3) is 5.91 Å². The maximum absolute atomic E-state index is 12.2. The van der Waals surface area contributed by atoms with Crippen LogP contribution in [0.15, 0.2) is 46.4 Å². The standard InChI is InChI=1S/C20H20ClN3O3/c21-18-4-2-1-3-17(18)19-6-5-16(27-19)13-15(14-22)20(25)23-7-8-24-9-11-26-12-10-24/h1-6,13H,7-12H2,(H,23,25). The van der Waals surface area contributed by atoms with Crippen LogP contribution in [0.1, 0.15) is 5.76 Å². The lowest BCUT2D eigenvalue weighted by atomic mass is 10.2. The van der Waals surface area contributed by atoms with Crippen molar-refractivity contribution in [2.75, 3.05) is 39.4 Å². The highest BCUT2D eigenvalue weighted by Gasteiger charge is 2.13. The van der Waals surface area contributed by atoms with Crippen LogP contribution in [0.25, 0.3) is 17.4 Å². The molecule has 1 N–H and O–H groups in total. The number of nitriles is 1. The topological polar surface area (TPSA) is 78.5 Å². The van der Waals surface area contributed by atoms with Gasteiger partial charge in [0.15, 0.2) is 0 Å². The van der Waals surface area contributed by atoms with Crippen molar-refractivity contribution in [1.82, 2.24) is 10.2 Å². The molecule has 0 atom stereocenters. The van der Waals surface area contributed by atoms with E-state index in [4.69, 9.17) is 20.8 Å². The highest BCUT2D eigenvalue weighted by molar-refractivity contribution is 6.33. The number of hydrogen-bond donors (Lipinski definition) is 1. The number of carbonyl (C=O) groups excluding carboxylic acids is 1. The number of hydrogen-bond acceptors (Lipinski definition) is 5. The monoisotopic (exact) mass is 385 g/mol. The third kappa shape index (κ3) is 5.20. The minimum absolute atomic E-state index is 0.00274. The van der Waals surface area contributed by atoms with Gasteiger partial charge in [-0.15, -0.1) is 0 Å². The van der Waals surface area contributed by atoms with Gasteiger partial charge in [-0.3, -0.25) is 9.69 Å². The van der Waals surface area contributed by atoms with Gasteiger partial charge in [-0.2, -0.15) is 5.26 Å². The first-order valence-corrected chi connectivity index (χ1v) is 9.10. The Balaban J connectivity index is 1.61. The largest absolute Gasteiger partial charge is 0.457 e. The lowest BCUT2D eigenvalue weighted by Gasteiger charge is -2.26. The van der Waals surface area contributed by atoms with E-state index in [1.807, 2.05) is 24.3 Å². The first kappa shape index (κ1) is 19.2. The molecule has 27 heavy (non-hydrogen) atoms. The SMILES string of the molecule is N#CC(=Cc1ccc(-c2ccccc2Cl)o1)C(=O)NCCN1CCOCC1. The summed E-state index contributed by atoms with van der Waals surface area (Å²) in [5.41, 5.74) is 0.754. The molecular weight excluding hydrogens is 366 g/mol. The number of furan rings is 1. The molecule has 0 bridgehead atoms. The second kappa shape index (κ2) is 9.38. The van der Waals surface area contributed by atoms with E-state index in [0.717, 1.165) is 25.2 Å². The van der Waals surface area contributed by atoms with Crippen molar-refractivity contribution >= 4 is 23.6 Å². The Bertz CT molecular complexity index is 863. The minimum Gasteiger partial charge on any atom is -0.457 e. The van der Waals surface area contributed by atoms with Crippen LogP contribution < -0.4 is 5.32 Å². The van der Waals surface area contributed by atoms with Crippen LogP contribution in [0.4, 0.5) is 0 Å². The van der Waals surface area contributed by atoms with Gasteiger partial charge in [0.2, 0.25) is 0 Å². The molecule has 1 aliphatic rings. The molecule has 6 nitrogen and oxygen atoms in total. The summed E-state index contributed by atoms with van der Waals surface area (Å²) in [4.78, 5) is 14.5. The van der Waals surface area contributed by atoms with E-state index >= 15 is 0 Å². The van der Waals surface area contributed by atoms with Gasteiger partial charge in [-0.25, -0.2) is 0 Å². The number of nitrogens with zero attached hydrogens (tertiary/aromatic N) is 2. The van der Waals surface area contributed by atoms with E-state index in [9.17, 15) is 10.1 Å². The fourth-order valence-corrected chi connectivity index (χ4v) is 3.00. The second-order valence-electron chi connectivity index (χ2n) is 6.06. The van der Waals surface area contributed by atoms with Gasteiger partial charge >= 0.3 is 0 Å². The first-order valence-electron chi connectivity index (χ1n) is 8.72. The molecular formula is C20H20ClN3O3. The Morgan fingerprint density at radius 1 is 1.26 bits per heavy atom. The molecule has 0 saturated carbocycles. The Labute approximate surface area is 163 Å². The molecule has 1 amide bonds. The average Bonchev–Trinajstić information content (AvgIpc) is 3.15. The van der Waals surface area contributed by atoms with Crippen molar-refractivity contribution in [2.45, 2.75) is 0 Å². The number of carbonyl (C=O) groups is 1. The number of ether oxygens (including phenoxy) is 1. The third-order valence-corrected chi connectivity index (χ3v) is 4.56. The van der Waals surface area contributed by atoms with Crippen LogP contribution in [-0.4, -0.2) is 50.2 Å². The summed E-state index contributed by atoms with van der Waals surface area (Å²) in [6, 6.07) is 12.7. The molecule has 1 fully saturated rings. The lowest BCUT2D eigenvalue weighted by molar-refractivity contribution is -0.117. The van der Waals surface area contributed by atoms with Gasteiger partial charge in [0.1, 0.15) is 23.2 Å². The highest BCUT2D eigenvalue weighted by atomic mass is 35.5. The number of amides is 1. The fraction of sp³-hybridized carbons (Fsp3) is 0.300. The Hall–Kier alpha value is -2.59. The Kier molecular flexibility index (Phi) is 6.66. The van der Waals surface area contributed by atoms with Crippen molar-refractivity contribution in [3.8, 4) is 17.4 Å². The smallest absolute Gasteiger partial charge is 0.262 e. The highest BCUT2D eigenvalue weighted by Crippen LogP contribution is 2.29. The summed E-state index contributed by atoms with van der Waals surface area (Å²) in [6.07, 6.45) is 1.43.